The fourth-order valence-electron chi connectivity index (χ4n) is 1.91. The molecule has 2 nitrogen and oxygen atoms in total. The number of rotatable bonds is 2. The van der Waals surface area contributed by atoms with E-state index in [1.807, 2.05) is 6.07 Å². The Balaban J connectivity index is 0.00000128. The van der Waals surface area contributed by atoms with E-state index in [0.717, 1.165) is 24.9 Å². The van der Waals surface area contributed by atoms with E-state index in [2.05, 4.69) is 5.32 Å². The van der Waals surface area contributed by atoms with Crippen LogP contribution in [0.5, 0.6) is 0 Å². The molecule has 0 saturated heterocycles. The van der Waals surface area contributed by atoms with E-state index in [1.165, 1.54) is 0 Å². The van der Waals surface area contributed by atoms with Crippen LogP contribution in [0.4, 0.5) is 5.69 Å². The van der Waals surface area contributed by atoms with Gasteiger partial charge in [-0.3, -0.25) is 0 Å². The van der Waals surface area contributed by atoms with E-state index in [1.54, 1.807) is 12.1 Å². The molecule has 0 unspecified atom stereocenters. The van der Waals surface area contributed by atoms with Gasteiger partial charge in [0.05, 0.1) is 22.2 Å². The third kappa shape index (κ3) is 3.17. The van der Waals surface area contributed by atoms with Gasteiger partial charge in [-0.05, 0) is 37.5 Å². The molecule has 0 aliphatic heterocycles. The lowest BCUT2D eigenvalue weighted by molar-refractivity contribution is 0.172. The predicted molar refractivity (Wildman–Crippen MR) is 71.0 cm³/mol. The number of aliphatic hydroxyl groups excluding tert-OH is 1. The first-order valence-corrected chi connectivity index (χ1v) is 5.82. The summed E-state index contributed by atoms with van der Waals surface area (Å²) in [6.07, 6.45) is 2.69. The SMILES string of the molecule is Cl.O[C@@H]1CCC[C@H]1Nc1ccc(Cl)c(Cl)c1. The third-order valence-electron chi connectivity index (χ3n) is 2.75. The number of aliphatic hydroxyl groups is 1. The summed E-state index contributed by atoms with van der Waals surface area (Å²) in [5.41, 5.74) is 0.912. The molecule has 2 N–H and O–H groups in total. The van der Waals surface area contributed by atoms with Crippen LogP contribution in [0.3, 0.4) is 0 Å². The minimum Gasteiger partial charge on any atom is -0.391 e. The highest BCUT2D eigenvalue weighted by Crippen LogP contribution is 2.28. The first-order chi connectivity index (χ1) is 7.16. The highest BCUT2D eigenvalue weighted by Gasteiger charge is 2.24. The van der Waals surface area contributed by atoms with Gasteiger partial charge in [0, 0.05) is 5.69 Å². The Bertz CT molecular complexity index is 359. The number of hydrogen-bond acceptors (Lipinski definition) is 2. The molecule has 2 atom stereocenters. The van der Waals surface area contributed by atoms with Gasteiger partial charge in [0.2, 0.25) is 0 Å². The van der Waals surface area contributed by atoms with E-state index in [9.17, 15) is 5.11 Å². The normalized spacial score (nSPS) is 23.9. The maximum atomic E-state index is 9.65. The molecule has 0 aromatic heterocycles. The van der Waals surface area contributed by atoms with Crippen molar-refractivity contribution >= 4 is 41.3 Å². The second-order valence-corrected chi connectivity index (χ2v) is 4.69. The van der Waals surface area contributed by atoms with Crippen molar-refractivity contribution < 1.29 is 5.11 Å². The van der Waals surface area contributed by atoms with E-state index in [-0.39, 0.29) is 24.6 Å². The highest BCUT2D eigenvalue weighted by atomic mass is 35.5. The molecular formula is C11H14Cl3NO. The summed E-state index contributed by atoms with van der Waals surface area (Å²) in [5, 5.41) is 14.0. The number of nitrogens with one attached hydrogen (secondary N) is 1. The van der Waals surface area contributed by atoms with E-state index in [0.29, 0.717) is 10.0 Å². The van der Waals surface area contributed by atoms with Gasteiger partial charge in [-0.15, -0.1) is 12.4 Å². The van der Waals surface area contributed by atoms with Gasteiger partial charge >= 0.3 is 0 Å². The Hall–Kier alpha value is -0.150. The third-order valence-corrected chi connectivity index (χ3v) is 3.49. The Morgan fingerprint density at radius 3 is 2.50 bits per heavy atom. The lowest BCUT2D eigenvalue weighted by atomic mass is 10.2. The summed E-state index contributed by atoms with van der Waals surface area (Å²) in [5.74, 6) is 0. The molecule has 0 bridgehead atoms. The molecule has 5 heteroatoms. The number of benzene rings is 1. The van der Waals surface area contributed by atoms with Crippen molar-refractivity contribution in [1.29, 1.82) is 0 Å². The minimum atomic E-state index is -0.251. The number of hydrogen-bond donors (Lipinski definition) is 2. The van der Waals surface area contributed by atoms with Gasteiger partial charge in [-0.2, -0.15) is 0 Å². The number of halogens is 3. The first-order valence-electron chi connectivity index (χ1n) is 5.06. The van der Waals surface area contributed by atoms with Gasteiger partial charge in [-0.25, -0.2) is 0 Å². The lowest BCUT2D eigenvalue weighted by Crippen LogP contribution is -2.27. The first kappa shape index (κ1) is 13.9. The molecule has 2 rings (SSSR count). The summed E-state index contributed by atoms with van der Waals surface area (Å²) >= 11 is 11.7. The maximum Gasteiger partial charge on any atom is 0.0741 e. The minimum absolute atomic E-state index is 0. The molecule has 1 saturated carbocycles. The number of anilines is 1. The fraction of sp³-hybridized carbons (Fsp3) is 0.455. The Morgan fingerprint density at radius 1 is 1.19 bits per heavy atom. The zero-order valence-electron chi connectivity index (χ0n) is 8.62. The molecule has 1 aliphatic carbocycles. The van der Waals surface area contributed by atoms with Crippen LogP contribution < -0.4 is 5.32 Å². The Kier molecular flexibility index (Phi) is 5.19. The molecule has 0 heterocycles. The van der Waals surface area contributed by atoms with Crippen LogP contribution in [-0.2, 0) is 0 Å². The zero-order chi connectivity index (χ0) is 10.8. The zero-order valence-corrected chi connectivity index (χ0v) is 10.9. The monoisotopic (exact) mass is 281 g/mol. The van der Waals surface area contributed by atoms with Gasteiger partial charge < -0.3 is 10.4 Å². The van der Waals surface area contributed by atoms with Gasteiger partial charge in [0.15, 0.2) is 0 Å². The van der Waals surface area contributed by atoms with Crippen LogP contribution in [0.15, 0.2) is 18.2 Å². The van der Waals surface area contributed by atoms with Gasteiger partial charge in [0.25, 0.3) is 0 Å². The van der Waals surface area contributed by atoms with Gasteiger partial charge in [-0.1, -0.05) is 23.2 Å². The van der Waals surface area contributed by atoms with Crippen molar-refractivity contribution in [2.75, 3.05) is 5.32 Å². The second-order valence-electron chi connectivity index (χ2n) is 3.88. The fourth-order valence-corrected chi connectivity index (χ4v) is 2.21. The summed E-state index contributed by atoms with van der Waals surface area (Å²) in [6, 6.07) is 5.56. The summed E-state index contributed by atoms with van der Waals surface area (Å²) in [6.45, 7) is 0. The topological polar surface area (TPSA) is 32.3 Å². The van der Waals surface area contributed by atoms with Crippen LogP contribution >= 0.6 is 35.6 Å². The highest BCUT2D eigenvalue weighted by molar-refractivity contribution is 6.42. The standard InChI is InChI=1S/C11H13Cl2NO.ClH/c12-8-5-4-7(6-9(8)13)14-10-2-1-3-11(10)15;/h4-6,10-11,14-15H,1-3H2;1H/t10-,11-;/m1./s1. The van der Waals surface area contributed by atoms with Crippen LogP contribution in [0.25, 0.3) is 0 Å². The van der Waals surface area contributed by atoms with Crippen molar-refractivity contribution in [2.45, 2.75) is 31.4 Å². The molecule has 90 valence electrons. The van der Waals surface area contributed by atoms with E-state index < -0.39 is 0 Å². The average Bonchev–Trinajstić information content (AvgIpc) is 2.59. The van der Waals surface area contributed by atoms with Gasteiger partial charge in [0.1, 0.15) is 0 Å². The average molecular weight is 283 g/mol. The Morgan fingerprint density at radius 2 is 1.94 bits per heavy atom. The van der Waals surface area contributed by atoms with Crippen LogP contribution in [0, 0.1) is 0 Å². The molecule has 1 fully saturated rings. The molecule has 1 aromatic carbocycles. The smallest absolute Gasteiger partial charge is 0.0741 e. The summed E-state index contributed by atoms with van der Waals surface area (Å²) in [4.78, 5) is 0. The van der Waals surface area contributed by atoms with Crippen LogP contribution in [-0.4, -0.2) is 17.3 Å². The van der Waals surface area contributed by atoms with Crippen molar-refractivity contribution in [3.05, 3.63) is 28.2 Å². The molecule has 0 amide bonds. The second kappa shape index (κ2) is 5.97. The van der Waals surface area contributed by atoms with Crippen LogP contribution in [0.1, 0.15) is 19.3 Å². The summed E-state index contributed by atoms with van der Waals surface area (Å²) in [7, 11) is 0. The molecule has 1 aromatic rings. The van der Waals surface area contributed by atoms with Crippen molar-refractivity contribution in [3.8, 4) is 0 Å². The molecule has 16 heavy (non-hydrogen) atoms. The molecular weight excluding hydrogens is 268 g/mol. The molecule has 0 radical (unpaired) electrons. The van der Waals surface area contributed by atoms with Crippen molar-refractivity contribution in [2.24, 2.45) is 0 Å². The lowest BCUT2D eigenvalue weighted by Gasteiger charge is -2.18. The molecule has 0 spiro atoms. The largest absolute Gasteiger partial charge is 0.391 e. The molecule has 1 aliphatic rings. The van der Waals surface area contributed by atoms with Crippen molar-refractivity contribution in [3.63, 3.8) is 0 Å². The Labute approximate surface area is 111 Å². The summed E-state index contributed by atoms with van der Waals surface area (Å²) < 4.78 is 0. The van der Waals surface area contributed by atoms with Crippen molar-refractivity contribution in [1.82, 2.24) is 0 Å². The van der Waals surface area contributed by atoms with E-state index >= 15 is 0 Å². The quantitative estimate of drug-likeness (QED) is 0.866. The predicted octanol–water partition coefficient (Wildman–Crippen LogP) is 3.74. The van der Waals surface area contributed by atoms with E-state index in [4.69, 9.17) is 23.2 Å². The maximum absolute atomic E-state index is 9.65. The van der Waals surface area contributed by atoms with Crippen LogP contribution in [0.2, 0.25) is 10.0 Å².